The van der Waals surface area contributed by atoms with Crippen LogP contribution in [0.15, 0.2) is 60.7 Å². The lowest BCUT2D eigenvalue weighted by molar-refractivity contribution is -0.869. The minimum Gasteiger partial charge on any atom is -0.508 e. The molecule has 0 saturated heterocycles. The molecule has 0 bridgehead atoms. The molecule has 4 aromatic rings. The van der Waals surface area contributed by atoms with Gasteiger partial charge in [-0.1, -0.05) is 23.7 Å². The third kappa shape index (κ3) is 6.55. The molecule has 2 heterocycles. The van der Waals surface area contributed by atoms with Gasteiger partial charge >= 0.3 is 0 Å². The summed E-state index contributed by atoms with van der Waals surface area (Å²) < 4.78 is 1.00. The minimum absolute atomic E-state index is 0.0769. The topological polar surface area (TPSA) is 115 Å². The largest absolute Gasteiger partial charge is 0.508 e. The van der Waals surface area contributed by atoms with Crippen LogP contribution in [0.1, 0.15) is 63.7 Å². The number of benzene rings is 4. The molecule has 4 amide bonds. The first-order valence-corrected chi connectivity index (χ1v) is 16.2. The Morgan fingerprint density at radius 3 is 1.18 bits per heavy atom. The summed E-state index contributed by atoms with van der Waals surface area (Å²) in [5.74, 6) is 10.2. The van der Waals surface area contributed by atoms with Gasteiger partial charge in [0.15, 0.2) is 0 Å². The van der Waals surface area contributed by atoms with Gasteiger partial charge in [-0.3, -0.25) is 29.0 Å². The van der Waals surface area contributed by atoms with Crippen molar-refractivity contribution in [2.45, 2.75) is 0 Å². The van der Waals surface area contributed by atoms with Gasteiger partial charge in [0.1, 0.15) is 11.5 Å². The van der Waals surface area contributed by atoms with Gasteiger partial charge < -0.3 is 19.2 Å². The summed E-state index contributed by atoms with van der Waals surface area (Å²) in [6.07, 6.45) is 0. The molecule has 50 heavy (non-hydrogen) atoms. The predicted octanol–water partition coefficient (Wildman–Crippen LogP) is 3.66. The summed E-state index contributed by atoms with van der Waals surface area (Å²) in [5, 5.41) is 20.0. The molecule has 0 aliphatic carbocycles. The van der Waals surface area contributed by atoms with Crippen LogP contribution in [0.25, 0.3) is 10.8 Å². The van der Waals surface area contributed by atoms with E-state index in [1.54, 1.807) is 36.4 Å². The van der Waals surface area contributed by atoms with Crippen molar-refractivity contribution >= 4 is 34.4 Å². The second-order valence-electron chi connectivity index (χ2n) is 14.6. The molecule has 2 N–H and O–H groups in total. The molecule has 0 fully saturated rings. The van der Waals surface area contributed by atoms with Crippen LogP contribution in [0.5, 0.6) is 11.5 Å². The standard InChI is InChI=1S/C40H36N4O6/c1-43(2,3)21-19-41-37(47)31-23-28(14-8-26-11-17-30(46)18-12-26)34-36-32(38(48)42(40(34)50)20-22-44(4,5)6)24-27(33(35(31)36)39(41)49)13-7-25-9-15-29(45)16-10-25/h9-12,15-18,23-24H,19-22H2,1-6H3/p+2. The Hall–Kier alpha value is -5.94. The van der Waals surface area contributed by atoms with Gasteiger partial charge in [0.05, 0.1) is 79.6 Å². The zero-order valence-electron chi connectivity index (χ0n) is 28.9. The Balaban J connectivity index is 1.66. The fourth-order valence-electron chi connectivity index (χ4n) is 5.93. The summed E-state index contributed by atoms with van der Waals surface area (Å²) in [6, 6.07) is 15.6. The summed E-state index contributed by atoms with van der Waals surface area (Å²) in [4.78, 5) is 59.7. The van der Waals surface area contributed by atoms with Crippen molar-refractivity contribution in [3.8, 4) is 35.2 Å². The first kappa shape index (κ1) is 33.9. The molecule has 0 aromatic heterocycles. The third-order valence-electron chi connectivity index (χ3n) is 8.68. The zero-order valence-corrected chi connectivity index (χ0v) is 28.9. The van der Waals surface area contributed by atoms with E-state index in [9.17, 15) is 29.4 Å². The number of phenolic OH excluding ortho intramolecular Hbond substituents is 2. The summed E-state index contributed by atoms with van der Waals surface area (Å²) in [5.41, 5.74) is 2.23. The maximum Gasteiger partial charge on any atom is 0.262 e. The SMILES string of the molecule is C[N+](C)(C)CCN1C(=O)c2cc(C#Cc3ccc(O)cc3)c3c4c(cc(C#Cc5ccc(O)cc5)c(c24)C1=O)C(=O)N(CC[N+](C)(C)C)C3=O. The fraction of sp³-hybridized carbons (Fsp3) is 0.250. The lowest BCUT2D eigenvalue weighted by Crippen LogP contribution is -2.49. The quantitative estimate of drug-likeness (QED) is 0.184. The minimum atomic E-state index is -0.557. The van der Waals surface area contributed by atoms with Crippen molar-refractivity contribution in [3.63, 3.8) is 0 Å². The highest BCUT2D eigenvalue weighted by Gasteiger charge is 2.43. The van der Waals surface area contributed by atoms with E-state index in [1.807, 2.05) is 42.3 Å². The number of phenols is 2. The maximum absolute atomic E-state index is 14.4. The molecular formula is C40H38N4O6+2. The molecule has 0 saturated carbocycles. The molecular weight excluding hydrogens is 632 g/mol. The first-order chi connectivity index (χ1) is 23.5. The lowest BCUT2D eigenvalue weighted by Gasteiger charge is -2.35. The van der Waals surface area contributed by atoms with Crippen molar-refractivity contribution in [1.82, 2.24) is 9.80 Å². The number of aromatic hydroxyl groups is 2. The molecule has 4 aromatic carbocycles. The molecule has 0 radical (unpaired) electrons. The van der Waals surface area contributed by atoms with Gasteiger partial charge in [-0.2, -0.15) is 0 Å². The number of rotatable bonds is 6. The van der Waals surface area contributed by atoms with Crippen molar-refractivity contribution in [2.24, 2.45) is 0 Å². The summed E-state index contributed by atoms with van der Waals surface area (Å²) in [7, 11) is 11.8. The number of carbonyl (C=O) groups is 4. The number of likely N-dealkylation sites (N-methyl/N-ethyl adjacent to an activating group) is 2. The van der Waals surface area contributed by atoms with Crippen LogP contribution in [-0.4, -0.2) is 121 Å². The third-order valence-corrected chi connectivity index (χ3v) is 8.68. The molecule has 0 atom stereocenters. The molecule has 6 rings (SSSR count). The number of amides is 4. The number of nitrogens with zero attached hydrogens (tertiary/aromatic N) is 4. The summed E-state index contributed by atoms with van der Waals surface area (Å²) in [6.45, 7) is 1.21. The van der Waals surface area contributed by atoms with Crippen LogP contribution < -0.4 is 0 Å². The van der Waals surface area contributed by atoms with E-state index in [0.717, 1.165) is 0 Å². The van der Waals surface area contributed by atoms with Crippen LogP contribution in [0, 0.1) is 23.7 Å². The number of imide groups is 2. The highest BCUT2D eigenvalue weighted by Crippen LogP contribution is 2.41. The van der Waals surface area contributed by atoms with Crippen LogP contribution in [-0.2, 0) is 0 Å². The van der Waals surface area contributed by atoms with E-state index in [-0.39, 0.29) is 68.7 Å². The number of quaternary nitrogens is 2. The molecule has 0 spiro atoms. The second kappa shape index (κ2) is 12.5. The molecule has 10 heteroatoms. The highest BCUT2D eigenvalue weighted by molar-refractivity contribution is 6.34. The second-order valence-corrected chi connectivity index (χ2v) is 14.6. The maximum atomic E-state index is 14.4. The van der Waals surface area contributed by atoms with Crippen molar-refractivity contribution in [2.75, 3.05) is 68.5 Å². The van der Waals surface area contributed by atoms with Gasteiger partial charge in [-0.25, -0.2) is 0 Å². The average Bonchev–Trinajstić information content (AvgIpc) is 3.04. The highest BCUT2D eigenvalue weighted by atomic mass is 16.3. The fourth-order valence-corrected chi connectivity index (χ4v) is 5.93. The van der Waals surface area contributed by atoms with Crippen molar-refractivity contribution in [1.29, 1.82) is 0 Å². The first-order valence-electron chi connectivity index (χ1n) is 16.2. The zero-order chi connectivity index (χ0) is 36.1. The smallest absolute Gasteiger partial charge is 0.262 e. The Morgan fingerprint density at radius 1 is 0.520 bits per heavy atom. The number of carbonyl (C=O) groups excluding carboxylic acids is 4. The molecule has 10 nitrogen and oxygen atoms in total. The average molecular weight is 671 g/mol. The van der Waals surface area contributed by atoms with E-state index >= 15 is 0 Å². The van der Waals surface area contributed by atoms with Crippen LogP contribution in [0.3, 0.4) is 0 Å². The van der Waals surface area contributed by atoms with Gasteiger partial charge in [-0.05, 0) is 60.7 Å². The van der Waals surface area contributed by atoms with Crippen molar-refractivity contribution in [3.05, 3.63) is 105 Å². The normalized spacial score (nSPS) is 14.0. The molecule has 2 aliphatic heterocycles. The number of hydrogen-bond donors (Lipinski definition) is 2. The summed E-state index contributed by atoms with van der Waals surface area (Å²) >= 11 is 0. The Bertz CT molecular complexity index is 2080. The van der Waals surface area contributed by atoms with E-state index in [1.165, 1.54) is 34.1 Å². The Labute approximate surface area is 290 Å². The van der Waals surface area contributed by atoms with Gasteiger partial charge in [0.2, 0.25) is 0 Å². The molecule has 252 valence electrons. The predicted molar refractivity (Wildman–Crippen MR) is 189 cm³/mol. The molecule has 2 aliphatic rings. The van der Waals surface area contributed by atoms with Gasteiger partial charge in [-0.15, -0.1) is 0 Å². The monoisotopic (exact) mass is 670 g/mol. The van der Waals surface area contributed by atoms with Gasteiger partial charge in [0.25, 0.3) is 23.6 Å². The lowest BCUT2D eigenvalue weighted by atomic mass is 9.81. The Kier molecular flexibility index (Phi) is 8.49. The van der Waals surface area contributed by atoms with E-state index in [2.05, 4.69) is 23.7 Å². The number of hydrogen-bond acceptors (Lipinski definition) is 6. The Morgan fingerprint density at radius 2 is 0.860 bits per heavy atom. The van der Waals surface area contributed by atoms with Crippen LogP contribution >= 0.6 is 0 Å². The van der Waals surface area contributed by atoms with Crippen LogP contribution in [0.4, 0.5) is 0 Å². The molecule has 0 unspecified atom stereocenters. The van der Waals surface area contributed by atoms with Crippen molar-refractivity contribution < 1.29 is 38.4 Å². The van der Waals surface area contributed by atoms with Crippen LogP contribution in [0.2, 0.25) is 0 Å². The van der Waals surface area contributed by atoms with E-state index in [4.69, 9.17) is 0 Å². The van der Waals surface area contributed by atoms with Gasteiger partial charge in [0, 0.05) is 44.2 Å². The van der Waals surface area contributed by atoms with E-state index < -0.39 is 23.6 Å². The van der Waals surface area contributed by atoms with E-state index in [0.29, 0.717) is 33.2 Å².